The Kier molecular flexibility index (Phi) is 2.88. The largest absolute Gasteiger partial charge is 0.507 e. The van der Waals surface area contributed by atoms with E-state index >= 15 is 0 Å². The Balaban J connectivity index is 2.54. The first-order valence-corrected chi connectivity index (χ1v) is 5.65. The molecule has 0 spiro atoms. The first kappa shape index (κ1) is 11.0. The Bertz CT molecular complexity index is 514. The molecule has 0 radical (unpaired) electrons. The minimum Gasteiger partial charge on any atom is -0.507 e. The molecule has 0 amide bonds. The van der Waals surface area contributed by atoms with Crippen molar-refractivity contribution < 1.29 is 5.11 Å². The highest BCUT2D eigenvalue weighted by atomic mass is 16.3. The molecule has 0 aliphatic rings. The van der Waals surface area contributed by atoms with Crippen LogP contribution < -0.4 is 5.73 Å². The molecular formula is C13H18N2O. The van der Waals surface area contributed by atoms with Gasteiger partial charge in [0.1, 0.15) is 5.75 Å². The number of aromatic nitrogens is 1. The van der Waals surface area contributed by atoms with Gasteiger partial charge in [0, 0.05) is 16.6 Å². The highest BCUT2D eigenvalue weighted by Crippen LogP contribution is 2.33. The maximum absolute atomic E-state index is 10.2. The van der Waals surface area contributed by atoms with Gasteiger partial charge in [-0.2, -0.15) is 0 Å². The highest BCUT2D eigenvalue weighted by molar-refractivity contribution is 5.91. The fourth-order valence-corrected chi connectivity index (χ4v) is 2.10. The summed E-state index contributed by atoms with van der Waals surface area (Å²) < 4.78 is 0. The lowest BCUT2D eigenvalue weighted by molar-refractivity contribution is 0.473. The topological polar surface area (TPSA) is 62.0 Å². The van der Waals surface area contributed by atoms with Crippen molar-refractivity contribution in [2.75, 3.05) is 6.54 Å². The van der Waals surface area contributed by atoms with Crippen LogP contribution >= 0.6 is 0 Å². The molecule has 4 N–H and O–H groups in total. The van der Waals surface area contributed by atoms with E-state index in [-0.39, 0.29) is 0 Å². The van der Waals surface area contributed by atoms with E-state index in [1.807, 2.05) is 26.0 Å². The predicted octanol–water partition coefficient (Wildman–Crippen LogP) is 2.38. The summed E-state index contributed by atoms with van der Waals surface area (Å²) in [5.41, 5.74) is 9.71. The molecule has 0 aliphatic heterocycles. The second kappa shape index (κ2) is 4.18. The zero-order valence-corrected chi connectivity index (χ0v) is 9.80. The first-order chi connectivity index (χ1) is 7.65. The van der Waals surface area contributed by atoms with Crippen LogP contribution in [0.15, 0.2) is 12.1 Å². The summed E-state index contributed by atoms with van der Waals surface area (Å²) >= 11 is 0. The van der Waals surface area contributed by atoms with Gasteiger partial charge in [0.05, 0.1) is 0 Å². The summed E-state index contributed by atoms with van der Waals surface area (Å²) in [6, 6.07) is 4.00. The van der Waals surface area contributed by atoms with Crippen LogP contribution in [0.3, 0.4) is 0 Å². The summed E-state index contributed by atoms with van der Waals surface area (Å²) in [4.78, 5) is 3.27. The van der Waals surface area contributed by atoms with Crippen molar-refractivity contribution >= 4 is 10.9 Å². The lowest BCUT2D eigenvalue weighted by Crippen LogP contribution is -2.00. The lowest BCUT2D eigenvalue weighted by Gasteiger charge is -2.05. The number of rotatable bonds is 3. The maximum Gasteiger partial charge on any atom is 0.128 e. The third-order valence-electron chi connectivity index (χ3n) is 3.17. The molecule has 1 aromatic carbocycles. The average Bonchev–Trinajstić information content (AvgIpc) is 2.55. The number of aryl methyl sites for hydroxylation is 3. The van der Waals surface area contributed by atoms with Gasteiger partial charge >= 0.3 is 0 Å². The smallest absolute Gasteiger partial charge is 0.128 e. The number of aromatic amines is 1. The summed E-state index contributed by atoms with van der Waals surface area (Å²) in [5, 5.41) is 11.2. The normalized spacial score (nSPS) is 11.2. The van der Waals surface area contributed by atoms with Crippen LogP contribution in [0.5, 0.6) is 5.75 Å². The number of fused-ring (bicyclic) bond motifs is 1. The Hall–Kier alpha value is -1.48. The number of nitrogens with one attached hydrogen (secondary N) is 1. The minimum atomic E-state index is 0.410. The van der Waals surface area contributed by atoms with Crippen LogP contribution in [0.2, 0.25) is 0 Å². The molecule has 0 bridgehead atoms. The van der Waals surface area contributed by atoms with Gasteiger partial charge in [-0.05, 0) is 50.4 Å². The molecule has 0 saturated carbocycles. The Morgan fingerprint density at radius 3 is 2.75 bits per heavy atom. The number of H-pyrrole nitrogens is 1. The predicted molar refractivity (Wildman–Crippen MR) is 66.8 cm³/mol. The molecule has 0 fully saturated rings. The van der Waals surface area contributed by atoms with Crippen LogP contribution in [-0.4, -0.2) is 16.6 Å². The number of phenolic OH excluding ortho intramolecular Hbond substituents is 1. The number of hydrogen-bond donors (Lipinski definition) is 3. The van der Waals surface area contributed by atoms with Crippen LogP contribution in [0.1, 0.15) is 23.2 Å². The molecule has 0 unspecified atom stereocenters. The van der Waals surface area contributed by atoms with Gasteiger partial charge in [-0.15, -0.1) is 0 Å². The molecule has 2 aromatic rings. The summed E-state index contributed by atoms with van der Waals surface area (Å²) in [5.74, 6) is 0.410. The van der Waals surface area contributed by atoms with E-state index in [1.54, 1.807) is 0 Å². The van der Waals surface area contributed by atoms with Crippen molar-refractivity contribution in [2.24, 2.45) is 5.73 Å². The second-order valence-corrected chi connectivity index (χ2v) is 4.26. The van der Waals surface area contributed by atoms with Crippen LogP contribution in [0.25, 0.3) is 10.9 Å². The van der Waals surface area contributed by atoms with E-state index in [9.17, 15) is 5.11 Å². The third kappa shape index (κ3) is 1.67. The Morgan fingerprint density at radius 2 is 2.06 bits per heavy atom. The zero-order valence-electron chi connectivity index (χ0n) is 9.80. The second-order valence-electron chi connectivity index (χ2n) is 4.26. The lowest BCUT2D eigenvalue weighted by atomic mass is 10.0. The molecular weight excluding hydrogens is 200 g/mol. The molecule has 3 heteroatoms. The number of benzene rings is 1. The molecule has 16 heavy (non-hydrogen) atoms. The van der Waals surface area contributed by atoms with E-state index in [4.69, 9.17) is 5.73 Å². The molecule has 1 heterocycles. The first-order valence-electron chi connectivity index (χ1n) is 5.65. The summed E-state index contributed by atoms with van der Waals surface area (Å²) in [7, 11) is 0. The van der Waals surface area contributed by atoms with Crippen molar-refractivity contribution in [3.63, 3.8) is 0 Å². The molecule has 0 saturated heterocycles. The van der Waals surface area contributed by atoms with Crippen LogP contribution in [0.4, 0.5) is 0 Å². The van der Waals surface area contributed by atoms with Crippen molar-refractivity contribution in [3.05, 3.63) is 29.0 Å². The van der Waals surface area contributed by atoms with Gasteiger partial charge < -0.3 is 15.8 Å². The van der Waals surface area contributed by atoms with Gasteiger partial charge in [0.2, 0.25) is 0 Å². The molecule has 1 aromatic heterocycles. The van der Waals surface area contributed by atoms with Crippen LogP contribution in [-0.2, 0) is 6.42 Å². The van der Waals surface area contributed by atoms with Crippen LogP contribution in [0, 0.1) is 13.8 Å². The number of nitrogens with two attached hydrogens (primary N) is 1. The summed E-state index contributed by atoms with van der Waals surface area (Å²) in [6.07, 6.45) is 1.74. The van der Waals surface area contributed by atoms with Crippen molar-refractivity contribution in [2.45, 2.75) is 26.7 Å². The zero-order chi connectivity index (χ0) is 11.7. The van der Waals surface area contributed by atoms with Gasteiger partial charge in [-0.3, -0.25) is 0 Å². The minimum absolute atomic E-state index is 0.410. The van der Waals surface area contributed by atoms with E-state index in [2.05, 4.69) is 4.98 Å². The fraction of sp³-hybridized carbons (Fsp3) is 0.385. The van der Waals surface area contributed by atoms with E-state index in [0.29, 0.717) is 12.3 Å². The maximum atomic E-state index is 10.2. The monoisotopic (exact) mass is 218 g/mol. The van der Waals surface area contributed by atoms with Crippen molar-refractivity contribution in [1.82, 2.24) is 4.98 Å². The SMILES string of the molecule is Cc1[nH]c2ccc(CCCN)c(O)c2c1C. The quantitative estimate of drug-likeness (QED) is 0.740. The highest BCUT2D eigenvalue weighted by Gasteiger charge is 2.11. The van der Waals surface area contributed by atoms with E-state index < -0.39 is 0 Å². The number of hydrogen-bond acceptors (Lipinski definition) is 2. The average molecular weight is 218 g/mol. The summed E-state index contributed by atoms with van der Waals surface area (Å²) in [6.45, 7) is 4.71. The van der Waals surface area contributed by atoms with E-state index in [0.717, 1.165) is 40.6 Å². The van der Waals surface area contributed by atoms with Gasteiger partial charge in [-0.1, -0.05) is 6.07 Å². The fourth-order valence-electron chi connectivity index (χ4n) is 2.10. The molecule has 3 nitrogen and oxygen atoms in total. The third-order valence-corrected chi connectivity index (χ3v) is 3.17. The van der Waals surface area contributed by atoms with Crippen molar-refractivity contribution in [1.29, 1.82) is 0 Å². The van der Waals surface area contributed by atoms with Gasteiger partial charge in [0.15, 0.2) is 0 Å². The van der Waals surface area contributed by atoms with Gasteiger partial charge in [0.25, 0.3) is 0 Å². The molecule has 0 atom stereocenters. The van der Waals surface area contributed by atoms with Crippen molar-refractivity contribution in [3.8, 4) is 5.75 Å². The number of aromatic hydroxyl groups is 1. The number of phenols is 1. The van der Waals surface area contributed by atoms with E-state index in [1.165, 1.54) is 0 Å². The Labute approximate surface area is 95.3 Å². The molecule has 86 valence electrons. The van der Waals surface area contributed by atoms with Gasteiger partial charge in [-0.25, -0.2) is 0 Å². The molecule has 0 aliphatic carbocycles. The Morgan fingerprint density at radius 1 is 1.31 bits per heavy atom. The standard InChI is InChI=1S/C13H18N2O/c1-8-9(2)15-11-6-5-10(4-3-7-14)13(16)12(8)11/h5-6,15-16H,3-4,7,14H2,1-2H3. The molecule has 2 rings (SSSR count).